The number of nitrogens with zero attached hydrogens (tertiary/aromatic N) is 2. The second kappa shape index (κ2) is 14.1. The molecule has 1 aromatic rings. The highest BCUT2D eigenvalue weighted by molar-refractivity contribution is 8.76. The first-order chi connectivity index (χ1) is 14.2. The van der Waals surface area contributed by atoms with Gasteiger partial charge in [0, 0.05) is 37.0 Å². The summed E-state index contributed by atoms with van der Waals surface area (Å²) < 4.78 is 5.65. The number of benzene rings is 1. The van der Waals surface area contributed by atoms with Crippen LogP contribution in [-0.2, 0) is 9.53 Å². The largest absolute Gasteiger partial charge is 0.460 e. The van der Waals surface area contributed by atoms with Gasteiger partial charge in [-0.15, -0.1) is 0 Å². The van der Waals surface area contributed by atoms with Crippen LogP contribution in [0.25, 0.3) is 6.08 Å². The molecule has 0 radical (unpaired) electrons. The molecule has 1 fully saturated rings. The van der Waals surface area contributed by atoms with Gasteiger partial charge in [-0.1, -0.05) is 64.1 Å². The van der Waals surface area contributed by atoms with Crippen LogP contribution in [0.2, 0.25) is 0 Å². The molecule has 1 aliphatic heterocycles. The van der Waals surface area contributed by atoms with E-state index in [9.17, 15) is 4.79 Å². The normalized spacial score (nSPS) is 18.1. The minimum atomic E-state index is -0.156. The van der Waals surface area contributed by atoms with E-state index in [4.69, 9.17) is 4.74 Å². The van der Waals surface area contributed by atoms with Crippen LogP contribution in [-0.4, -0.2) is 49.9 Å². The Morgan fingerprint density at radius 1 is 1.17 bits per heavy atom. The fraction of sp³-hybridized carbons (Fsp3) is 0.391. The highest BCUT2D eigenvalue weighted by atomic mass is 33.1. The molecule has 0 aromatic heterocycles. The topological polar surface area (TPSA) is 41.9 Å². The van der Waals surface area contributed by atoms with Crippen molar-refractivity contribution in [1.82, 2.24) is 0 Å². The quantitative estimate of drug-likeness (QED) is 0.226. The summed E-state index contributed by atoms with van der Waals surface area (Å²) in [4.78, 5) is 18.3. The van der Waals surface area contributed by atoms with Gasteiger partial charge in [-0.3, -0.25) is 9.79 Å². The molecule has 2 rings (SSSR count). The number of hydrogen-bond acceptors (Lipinski definition) is 6. The molecule has 1 aromatic carbocycles. The first-order valence-corrected chi connectivity index (χ1v) is 12.4. The van der Waals surface area contributed by atoms with Crippen LogP contribution in [0.3, 0.4) is 0 Å². The predicted octanol–water partition coefficient (Wildman–Crippen LogP) is 5.43. The molecule has 29 heavy (non-hydrogen) atoms. The van der Waals surface area contributed by atoms with Gasteiger partial charge in [0.15, 0.2) is 0 Å². The number of esters is 1. The first-order valence-electron chi connectivity index (χ1n) is 9.94. The fourth-order valence-electron chi connectivity index (χ4n) is 2.65. The lowest BCUT2D eigenvalue weighted by Gasteiger charge is -2.21. The lowest BCUT2D eigenvalue weighted by Crippen LogP contribution is -2.30. The summed E-state index contributed by atoms with van der Waals surface area (Å²) in [5.41, 5.74) is 2.11. The maximum atomic E-state index is 12.2. The molecule has 0 spiro atoms. The summed E-state index contributed by atoms with van der Waals surface area (Å²) in [7, 11) is 5.59. The molecule has 4 nitrogen and oxygen atoms in total. The van der Waals surface area contributed by atoms with Crippen molar-refractivity contribution in [2.45, 2.75) is 25.9 Å². The number of hydrogen-bond donors (Lipinski definition) is 0. The third-order valence-electron chi connectivity index (χ3n) is 4.20. The lowest BCUT2D eigenvalue weighted by atomic mass is 10.2. The molecule has 0 aliphatic carbocycles. The van der Waals surface area contributed by atoms with Crippen molar-refractivity contribution in [2.24, 2.45) is 4.99 Å². The van der Waals surface area contributed by atoms with Gasteiger partial charge in [-0.2, -0.15) is 0 Å². The minimum absolute atomic E-state index is 0.0465. The van der Waals surface area contributed by atoms with Crippen LogP contribution in [0, 0.1) is 0 Å². The summed E-state index contributed by atoms with van der Waals surface area (Å²) in [6.07, 6.45) is 15.8. The maximum Gasteiger partial charge on any atom is 0.325 e. The van der Waals surface area contributed by atoms with Gasteiger partial charge < -0.3 is 9.64 Å². The van der Waals surface area contributed by atoms with Crippen LogP contribution in [0.1, 0.15) is 25.3 Å². The van der Waals surface area contributed by atoms with Gasteiger partial charge in [-0.05, 0) is 43.5 Å². The van der Waals surface area contributed by atoms with Gasteiger partial charge in [-0.25, -0.2) is 0 Å². The average Bonchev–Trinajstić information content (AvgIpc) is 2.99. The Hall–Kier alpha value is -1.92. The minimum Gasteiger partial charge on any atom is -0.460 e. The summed E-state index contributed by atoms with van der Waals surface area (Å²) in [5.74, 6) is 1.87. The molecular formula is C23H30N2O2S2. The number of rotatable bonds is 9. The third kappa shape index (κ3) is 9.90. The molecule has 0 saturated carbocycles. The van der Waals surface area contributed by atoms with E-state index in [2.05, 4.69) is 4.99 Å². The molecule has 1 saturated heterocycles. The van der Waals surface area contributed by atoms with E-state index >= 15 is 0 Å². The maximum absolute atomic E-state index is 12.2. The highest BCUT2D eigenvalue weighted by Gasteiger charge is 2.18. The third-order valence-corrected chi connectivity index (χ3v) is 6.73. The number of carbonyl (C=O) groups is 1. The zero-order valence-corrected chi connectivity index (χ0v) is 18.8. The van der Waals surface area contributed by atoms with Crippen LogP contribution in [0.4, 0.5) is 5.69 Å². The van der Waals surface area contributed by atoms with E-state index in [0.29, 0.717) is 0 Å². The zero-order chi connectivity index (χ0) is 20.7. The number of anilines is 1. The van der Waals surface area contributed by atoms with Crippen molar-refractivity contribution in [2.75, 3.05) is 36.5 Å². The first kappa shape index (κ1) is 23.4. The number of likely N-dealkylation sites (N-methyl/N-ethyl adjacent to an activating group) is 1. The fourth-order valence-corrected chi connectivity index (χ4v) is 4.99. The summed E-state index contributed by atoms with van der Waals surface area (Å²) >= 11 is 0. The molecule has 6 heteroatoms. The van der Waals surface area contributed by atoms with Gasteiger partial charge in [0.2, 0.25) is 0 Å². The van der Waals surface area contributed by atoms with Crippen LogP contribution < -0.4 is 4.90 Å². The number of aliphatic imine (C=N–C) groups is 1. The van der Waals surface area contributed by atoms with E-state index in [1.165, 1.54) is 0 Å². The molecule has 156 valence electrons. The summed E-state index contributed by atoms with van der Waals surface area (Å²) in [5, 5.41) is 0. The van der Waals surface area contributed by atoms with Crippen molar-refractivity contribution >= 4 is 45.5 Å². The number of carbonyl (C=O) groups excluding carboxylic acids is 1. The van der Waals surface area contributed by atoms with Crippen LogP contribution in [0.5, 0.6) is 0 Å². The molecule has 1 atom stereocenters. The second-order valence-electron chi connectivity index (χ2n) is 6.58. The van der Waals surface area contributed by atoms with Crippen molar-refractivity contribution in [3.05, 3.63) is 60.2 Å². The smallest absolute Gasteiger partial charge is 0.325 e. The Kier molecular flexibility index (Phi) is 11.4. The number of allylic oxidation sites excluding steroid dienone is 5. The molecule has 0 bridgehead atoms. The van der Waals surface area contributed by atoms with Crippen molar-refractivity contribution < 1.29 is 9.53 Å². The summed E-state index contributed by atoms with van der Waals surface area (Å²) in [6.45, 7) is 3.08. The molecule has 1 unspecified atom stereocenters. The average molecular weight is 431 g/mol. The Balaban J connectivity index is 1.78. The van der Waals surface area contributed by atoms with Crippen molar-refractivity contribution in [1.29, 1.82) is 0 Å². The predicted molar refractivity (Wildman–Crippen MR) is 130 cm³/mol. The van der Waals surface area contributed by atoms with E-state index in [1.807, 2.05) is 90.4 Å². The molecular weight excluding hydrogens is 400 g/mol. The second-order valence-corrected chi connectivity index (χ2v) is 9.21. The van der Waals surface area contributed by atoms with Crippen molar-refractivity contribution in [3.63, 3.8) is 0 Å². The molecule has 1 aliphatic rings. The molecule has 0 amide bonds. The van der Waals surface area contributed by atoms with E-state index in [0.717, 1.165) is 42.1 Å². The van der Waals surface area contributed by atoms with Crippen molar-refractivity contribution in [3.8, 4) is 0 Å². The van der Waals surface area contributed by atoms with Gasteiger partial charge in [0.25, 0.3) is 0 Å². The summed E-state index contributed by atoms with van der Waals surface area (Å²) in [6, 6.07) is 8.14. The van der Waals surface area contributed by atoms with E-state index in [1.54, 1.807) is 17.0 Å². The van der Waals surface area contributed by atoms with Gasteiger partial charge in [0.1, 0.15) is 12.6 Å². The van der Waals surface area contributed by atoms with Gasteiger partial charge in [0.05, 0.1) is 0 Å². The van der Waals surface area contributed by atoms with E-state index in [-0.39, 0.29) is 18.6 Å². The molecule has 1 heterocycles. The zero-order valence-electron chi connectivity index (χ0n) is 17.2. The van der Waals surface area contributed by atoms with Crippen LogP contribution >= 0.6 is 21.6 Å². The van der Waals surface area contributed by atoms with Crippen LogP contribution in [0.15, 0.2) is 59.6 Å². The SMILES string of the molecule is CC/N=C/C=C\C=C\C=C\c1ccc(N(C)CC(=O)OC2CCCSSC2)cc1. The monoisotopic (exact) mass is 430 g/mol. The lowest BCUT2D eigenvalue weighted by molar-refractivity contribution is -0.146. The Labute approximate surface area is 182 Å². The molecule has 0 N–H and O–H groups in total. The van der Waals surface area contributed by atoms with E-state index < -0.39 is 0 Å². The Morgan fingerprint density at radius 3 is 2.72 bits per heavy atom. The Bertz CT molecular complexity index is 719. The Morgan fingerprint density at radius 2 is 1.93 bits per heavy atom. The standard InChI is InChI=1S/C23H30N2O2S2/c1-3-24-16-8-6-4-5-7-10-20-12-14-21(15-13-20)25(2)18-23(26)27-22-11-9-17-28-29-19-22/h4-8,10,12-16,22H,3,9,11,17-19H2,1-2H3/b5-4+,8-6-,10-7+,24-16+. The number of ether oxygens (including phenoxy) is 1. The van der Waals surface area contributed by atoms with Gasteiger partial charge >= 0.3 is 5.97 Å². The highest BCUT2D eigenvalue weighted by Crippen LogP contribution is 2.29.